The number of rotatable bonds is 8. The number of piperazine rings is 1. The summed E-state index contributed by atoms with van der Waals surface area (Å²) in [5, 5.41) is 0. The van der Waals surface area contributed by atoms with Crippen LogP contribution in [-0.2, 0) is 19.5 Å². The van der Waals surface area contributed by atoms with Gasteiger partial charge < -0.3 is 19.3 Å². The van der Waals surface area contributed by atoms with Gasteiger partial charge in [-0.1, -0.05) is 17.7 Å². The molecule has 5 aliphatic rings. The van der Waals surface area contributed by atoms with Gasteiger partial charge in [-0.05, 0) is 84.5 Å². The van der Waals surface area contributed by atoms with E-state index in [4.69, 9.17) is 9.47 Å². The maximum absolute atomic E-state index is 14.1. The summed E-state index contributed by atoms with van der Waals surface area (Å²) < 4.78 is 42.2. The van der Waals surface area contributed by atoms with Crippen LogP contribution in [0.25, 0.3) is 0 Å². The highest BCUT2D eigenvalue weighted by Crippen LogP contribution is 2.50. The molecular weight excluding hydrogens is 516 g/mol. The molecule has 2 aliphatic carbocycles. The van der Waals surface area contributed by atoms with Crippen LogP contribution in [0.15, 0.2) is 29.2 Å². The van der Waals surface area contributed by atoms with E-state index < -0.39 is 21.7 Å². The van der Waals surface area contributed by atoms with Crippen molar-refractivity contribution in [1.29, 1.82) is 0 Å². The normalized spacial score (nSPS) is 31.9. The number of sulfonamides is 1. The summed E-state index contributed by atoms with van der Waals surface area (Å²) in [6.45, 7) is 7.21. The number of likely N-dealkylation sites (N-methyl/N-ethyl adjacent to an activating group) is 1. The van der Waals surface area contributed by atoms with Gasteiger partial charge >= 0.3 is 6.09 Å². The molecule has 216 valence electrons. The van der Waals surface area contributed by atoms with Crippen LogP contribution in [-0.4, -0.2) is 116 Å². The van der Waals surface area contributed by atoms with Crippen molar-refractivity contribution < 1.29 is 22.7 Å². The Kier molecular flexibility index (Phi) is 7.23. The fourth-order valence-corrected chi connectivity index (χ4v) is 9.26. The van der Waals surface area contributed by atoms with E-state index in [-0.39, 0.29) is 18.7 Å². The number of nitrogens with zero attached hydrogens (tertiary/aromatic N) is 4. The average molecular weight is 561 g/mol. The smallest absolute Gasteiger partial charge is 0.410 e. The van der Waals surface area contributed by atoms with Gasteiger partial charge in [0.25, 0.3) is 0 Å². The van der Waals surface area contributed by atoms with Gasteiger partial charge in [-0.2, -0.15) is 4.31 Å². The number of hydrogen-bond donors (Lipinski definition) is 0. The van der Waals surface area contributed by atoms with E-state index >= 15 is 0 Å². The largest absolute Gasteiger partial charge is 0.441 e. The number of hydrogen-bond acceptors (Lipinski definition) is 7. The molecule has 3 aliphatic heterocycles. The van der Waals surface area contributed by atoms with Gasteiger partial charge in [0, 0.05) is 37.8 Å². The topological polar surface area (TPSA) is 82.6 Å². The Bertz CT molecular complexity index is 1150. The Balaban J connectivity index is 1.20. The number of fused-ring (bicyclic) bond motifs is 2. The quantitative estimate of drug-likeness (QED) is 0.484. The molecule has 0 aromatic heterocycles. The molecule has 0 spiro atoms. The maximum Gasteiger partial charge on any atom is 0.410 e. The van der Waals surface area contributed by atoms with Crippen molar-refractivity contribution in [2.45, 2.75) is 93.1 Å². The molecule has 5 atom stereocenters. The Morgan fingerprint density at radius 3 is 2.28 bits per heavy atom. The lowest BCUT2D eigenvalue weighted by atomic mass is 10.0. The Morgan fingerprint density at radius 1 is 1.08 bits per heavy atom. The first-order valence-electron chi connectivity index (χ1n) is 14.7. The van der Waals surface area contributed by atoms with Crippen LogP contribution in [0.5, 0.6) is 0 Å². The number of aryl methyl sites for hydroxylation is 1. The highest BCUT2D eigenvalue weighted by Gasteiger charge is 2.62. The molecule has 2 bridgehead atoms. The number of carbonyl (C=O) groups is 1. The lowest BCUT2D eigenvalue weighted by molar-refractivity contribution is -0.0788. The SMILES string of the molecule is Cc1ccc(S(=O)(=O)N2[C@H](C3CC3)COC[C@@H]2C2(OC(=O)N3CC4CCC(C3)N4C(C)CN(C)C)CC2)cc1. The molecule has 0 radical (unpaired) electrons. The third-order valence-corrected chi connectivity index (χ3v) is 11.5. The van der Waals surface area contributed by atoms with E-state index in [2.05, 4.69) is 30.8 Å². The van der Waals surface area contributed by atoms with Crippen molar-refractivity contribution in [1.82, 2.24) is 19.0 Å². The zero-order valence-electron chi connectivity index (χ0n) is 23.8. The average Bonchev–Trinajstić information content (AvgIpc) is 3.82. The summed E-state index contributed by atoms with van der Waals surface area (Å²) in [4.78, 5) is 20.6. The summed E-state index contributed by atoms with van der Waals surface area (Å²) in [5.41, 5.74) is 0.195. The van der Waals surface area contributed by atoms with Crippen LogP contribution >= 0.6 is 0 Å². The number of amides is 1. The van der Waals surface area contributed by atoms with Crippen LogP contribution in [0.4, 0.5) is 4.79 Å². The second kappa shape index (κ2) is 10.3. The van der Waals surface area contributed by atoms with Crippen LogP contribution in [0, 0.1) is 12.8 Å². The van der Waals surface area contributed by atoms with Gasteiger partial charge in [0.2, 0.25) is 10.0 Å². The first-order valence-corrected chi connectivity index (χ1v) is 16.1. The zero-order chi connectivity index (χ0) is 27.5. The fraction of sp³-hybridized carbons (Fsp3) is 0.759. The van der Waals surface area contributed by atoms with E-state index in [1.54, 1.807) is 16.4 Å². The van der Waals surface area contributed by atoms with Crippen molar-refractivity contribution in [3.8, 4) is 0 Å². The second-order valence-electron chi connectivity index (χ2n) is 12.9. The lowest BCUT2D eigenvalue weighted by Gasteiger charge is -2.46. The summed E-state index contributed by atoms with van der Waals surface area (Å²) in [7, 11) is 0.424. The zero-order valence-corrected chi connectivity index (χ0v) is 24.6. The van der Waals surface area contributed by atoms with Gasteiger partial charge in [-0.15, -0.1) is 0 Å². The molecule has 0 N–H and O–H groups in total. The molecule has 2 saturated carbocycles. The van der Waals surface area contributed by atoms with E-state index in [9.17, 15) is 13.2 Å². The van der Waals surface area contributed by atoms with E-state index in [0.717, 1.165) is 37.8 Å². The third-order valence-electron chi connectivity index (χ3n) is 9.54. The predicted molar refractivity (Wildman–Crippen MR) is 148 cm³/mol. The van der Waals surface area contributed by atoms with Crippen molar-refractivity contribution in [2.24, 2.45) is 5.92 Å². The molecule has 3 heterocycles. The number of benzene rings is 1. The molecule has 10 heteroatoms. The summed E-state index contributed by atoms with van der Waals surface area (Å²) >= 11 is 0. The molecule has 5 fully saturated rings. The van der Waals surface area contributed by atoms with E-state index in [1.807, 2.05) is 24.0 Å². The minimum Gasteiger partial charge on any atom is -0.441 e. The lowest BCUT2D eigenvalue weighted by Crippen LogP contribution is -2.63. The first kappa shape index (κ1) is 27.4. The third kappa shape index (κ3) is 5.23. The molecular formula is C29H44N4O5S. The summed E-state index contributed by atoms with van der Waals surface area (Å²) in [5.74, 6) is 0.299. The van der Waals surface area contributed by atoms with E-state index in [1.165, 1.54) is 0 Å². The number of carbonyl (C=O) groups excluding carboxylic acids is 1. The van der Waals surface area contributed by atoms with Crippen LogP contribution in [0.2, 0.25) is 0 Å². The summed E-state index contributed by atoms with van der Waals surface area (Å²) in [6.07, 6.45) is 5.23. The number of likely N-dealkylation sites (tertiary alicyclic amines) is 1. The standard InChI is InChI=1S/C29H44N4O5S/c1-20-5-11-25(12-6-20)39(35,36)33-26(22-7-8-22)18-37-19-27(33)29(13-14-29)38-28(34)31-16-23-9-10-24(17-31)32(23)21(2)15-30(3)4/h5-6,11-12,21-24,26-27H,7-10,13-19H2,1-4H3/t21?,23?,24?,26-,27+/m0/s1. The number of ether oxygens (including phenoxy) is 2. The monoisotopic (exact) mass is 560 g/mol. The Morgan fingerprint density at radius 2 is 1.72 bits per heavy atom. The van der Waals surface area contributed by atoms with Crippen LogP contribution in [0.1, 0.15) is 51.0 Å². The minimum atomic E-state index is -3.78. The second-order valence-corrected chi connectivity index (χ2v) is 14.7. The predicted octanol–water partition coefficient (Wildman–Crippen LogP) is 2.93. The Hall–Kier alpha value is -1.72. The maximum atomic E-state index is 14.1. The molecule has 39 heavy (non-hydrogen) atoms. The van der Waals surface area contributed by atoms with Gasteiger partial charge in [0.1, 0.15) is 5.60 Å². The van der Waals surface area contributed by atoms with E-state index in [0.29, 0.717) is 61.5 Å². The van der Waals surface area contributed by atoms with Crippen molar-refractivity contribution in [3.63, 3.8) is 0 Å². The van der Waals surface area contributed by atoms with Crippen molar-refractivity contribution in [2.75, 3.05) is 46.9 Å². The van der Waals surface area contributed by atoms with Gasteiger partial charge in [-0.3, -0.25) is 4.90 Å². The van der Waals surface area contributed by atoms with Crippen LogP contribution in [0.3, 0.4) is 0 Å². The fourth-order valence-electron chi connectivity index (χ4n) is 7.36. The van der Waals surface area contributed by atoms with Crippen molar-refractivity contribution in [3.05, 3.63) is 29.8 Å². The highest BCUT2D eigenvalue weighted by molar-refractivity contribution is 7.89. The minimum absolute atomic E-state index is 0.219. The summed E-state index contributed by atoms with van der Waals surface area (Å²) in [6, 6.07) is 7.47. The number of morpholine rings is 1. The molecule has 3 saturated heterocycles. The van der Waals surface area contributed by atoms with Crippen molar-refractivity contribution >= 4 is 16.1 Å². The highest BCUT2D eigenvalue weighted by atomic mass is 32.2. The van der Waals surface area contributed by atoms with Gasteiger partial charge in [-0.25, -0.2) is 13.2 Å². The molecule has 6 rings (SSSR count). The molecule has 9 nitrogen and oxygen atoms in total. The van der Waals surface area contributed by atoms with Gasteiger partial charge in [0.05, 0.1) is 30.2 Å². The van der Waals surface area contributed by atoms with Gasteiger partial charge in [0.15, 0.2) is 0 Å². The molecule has 1 amide bonds. The molecule has 1 aromatic carbocycles. The Labute approximate surface area is 233 Å². The molecule has 1 aromatic rings. The van der Waals surface area contributed by atoms with Crippen LogP contribution < -0.4 is 0 Å². The molecule has 3 unspecified atom stereocenters. The first-order chi connectivity index (χ1) is 18.6.